The van der Waals surface area contributed by atoms with Gasteiger partial charge < -0.3 is 15.2 Å². The summed E-state index contributed by atoms with van der Waals surface area (Å²) in [5.74, 6) is -1.29. The van der Waals surface area contributed by atoms with E-state index in [1.54, 1.807) is 6.92 Å². The lowest BCUT2D eigenvalue weighted by atomic mass is 9.93. The third-order valence-corrected chi connectivity index (χ3v) is 3.01. The second kappa shape index (κ2) is 5.69. The molecule has 1 aromatic heterocycles. The summed E-state index contributed by atoms with van der Waals surface area (Å²) in [7, 11) is 0. The van der Waals surface area contributed by atoms with E-state index in [-0.39, 0.29) is 17.9 Å². The minimum atomic E-state index is -1.09. The van der Waals surface area contributed by atoms with Gasteiger partial charge >= 0.3 is 11.9 Å². The van der Waals surface area contributed by atoms with Crippen LogP contribution in [0.2, 0.25) is 0 Å². The second-order valence-electron chi connectivity index (χ2n) is 4.42. The lowest BCUT2D eigenvalue weighted by Crippen LogP contribution is -2.28. The zero-order valence-corrected chi connectivity index (χ0v) is 10.7. The average molecular weight is 264 g/mol. The summed E-state index contributed by atoms with van der Waals surface area (Å²) in [4.78, 5) is 26.8. The van der Waals surface area contributed by atoms with Crippen LogP contribution in [0, 0.1) is 0 Å². The van der Waals surface area contributed by atoms with Gasteiger partial charge in [0.15, 0.2) is 5.69 Å². The molecule has 1 aliphatic rings. The molecule has 0 saturated heterocycles. The first-order valence-electron chi connectivity index (χ1n) is 6.29. The maximum Gasteiger partial charge on any atom is 0.357 e. The Morgan fingerprint density at radius 1 is 1.47 bits per heavy atom. The third-order valence-electron chi connectivity index (χ3n) is 3.01. The molecule has 1 fully saturated rings. The van der Waals surface area contributed by atoms with Gasteiger partial charge in [0.25, 0.3) is 0 Å². The first-order chi connectivity index (χ1) is 9.10. The second-order valence-corrected chi connectivity index (χ2v) is 4.42. The molecule has 0 bridgehead atoms. The number of nitrogens with one attached hydrogen (secondary N) is 1. The number of hydrogen-bond acceptors (Lipinski definition) is 5. The summed E-state index contributed by atoms with van der Waals surface area (Å²) >= 11 is 0. The Balaban J connectivity index is 2.25. The lowest BCUT2D eigenvalue weighted by Gasteiger charge is -2.27. The Kier molecular flexibility index (Phi) is 3.99. The SMILES string of the molecule is CCOC(=O)c1cc(C(=O)O)cc(NC2CCC2)n1. The number of carboxylic acids is 1. The molecule has 1 aliphatic carbocycles. The zero-order valence-electron chi connectivity index (χ0n) is 10.7. The van der Waals surface area contributed by atoms with Crippen molar-refractivity contribution in [1.82, 2.24) is 4.98 Å². The average Bonchev–Trinajstić information content (AvgIpc) is 2.34. The van der Waals surface area contributed by atoms with Crippen LogP contribution in [0.25, 0.3) is 0 Å². The fraction of sp³-hybridized carbons (Fsp3) is 0.462. The summed E-state index contributed by atoms with van der Waals surface area (Å²) in [6.07, 6.45) is 3.22. The topological polar surface area (TPSA) is 88.5 Å². The van der Waals surface area contributed by atoms with Gasteiger partial charge in [-0.3, -0.25) is 0 Å². The first-order valence-corrected chi connectivity index (χ1v) is 6.29. The quantitative estimate of drug-likeness (QED) is 0.790. The van der Waals surface area contributed by atoms with Crippen molar-refractivity contribution in [3.8, 4) is 0 Å². The van der Waals surface area contributed by atoms with E-state index in [9.17, 15) is 9.59 Å². The highest BCUT2D eigenvalue weighted by Crippen LogP contribution is 2.23. The molecule has 0 amide bonds. The smallest absolute Gasteiger partial charge is 0.357 e. The largest absolute Gasteiger partial charge is 0.478 e. The van der Waals surface area contributed by atoms with Gasteiger partial charge in [0.05, 0.1) is 12.2 Å². The van der Waals surface area contributed by atoms with Gasteiger partial charge in [0.2, 0.25) is 0 Å². The Morgan fingerprint density at radius 2 is 2.21 bits per heavy atom. The molecule has 0 radical (unpaired) electrons. The lowest BCUT2D eigenvalue weighted by molar-refractivity contribution is 0.0519. The van der Waals surface area contributed by atoms with E-state index in [0.717, 1.165) is 19.3 Å². The van der Waals surface area contributed by atoms with Crippen LogP contribution in [-0.4, -0.2) is 34.7 Å². The number of aromatic nitrogens is 1. The van der Waals surface area contributed by atoms with Crippen LogP contribution in [0.5, 0.6) is 0 Å². The van der Waals surface area contributed by atoms with E-state index in [4.69, 9.17) is 9.84 Å². The van der Waals surface area contributed by atoms with E-state index in [1.807, 2.05) is 0 Å². The van der Waals surface area contributed by atoms with Crippen molar-refractivity contribution in [2.24, 2.45) is 0 Å². The van der Waals surface area contributed by atoms with E-state index in [1.165, 1.54) is 12.1 Å². The van der Waals surface area contributed by atoms with Gasteiger partial charge in [-0.1, -0.05) is 0 Å². The highest BCUT2D eigenvalue weighted by Gasteiger charge is 2.20. The molecular weight excluding hydrogens is 248 g/mol. The Hall–Kier alpha value is -2.11. The van der Waals surface area contributed by atoms with E-state index in [0.29, 0.717) is 11.9 Å². The minimum Gasteiger partial charge on any atom is -0.478 e. The van der Waals surface area contributed by atoms with E-state index < -0.39 is 11.9 Å². The molecule has 6 nitrogen and oxygen atoms in total. The molecule has 0 aliphatic heterocycles. The number of hydrogen-bond donors (Lipinski definition) is 2. The van der Waals surface area contributed by atoms with Crippen LogP contribution in [0.1, 0.15) is 47.0 Å². The number of esters is 1. The summed E-state index contributed by atoms with van der Waals surface area (Å²) in [5, 5.41) is 12.2. The Morgan fingerprint density at radius 3 is 2.74 bits per heavy atom. The summed E-state index contributed by atoms with van der Waals surface area (Å²) in [5.41, 5.74) is 0.0449. The number of nitrogens with zero attached hydrogens (tertiary/aromatic N) is 1. The predicted octanol–water partition coefficient (Wildman–Crippen LogP) is 1.92. The number of pyridine rings is 1. The molecule has 1 heterocycles. The standard InChI is InChI=1S/C13H16N2O4/c1-2-19-13(18)10-6-8(12(16)17)7-11(15-10)14-9-4-3-5-9/h6-7,9H,2-5H2,1H3,(H,14,15)(H,16,17). The third kappa shape index (κ3) is 3.21. The normalized spacial score (nSPS) is 14.6. The van der Waals surface area contributed by atoms with Crippen molar-refractivity contribution in [2.75, 3.05) is 11.9 Å². The maximum atomic E-state index is 11.6. The van der Waals surface area contributed by atoms with Gasteiger partial charge in [-0.05, 0) is 38.3 Å². The molecule has 0 unspecified atom stereocenters. The number of ether oxygens (including phenoxy) is 1. The highest BCUT2D eigenvalue weighted by molar-refractivity contribution is 5.94. The molecule has 6 heteroatoms. The van der Waals surface area contributed by atoms with Crippen LogP contribution >= 0.6 is 0 Å². The van der Waals surface area contributed by atoms with Crippen molar-refractivity contribution in [2.45, 2.75) is 32.2 Å². The van der Waals surface area contributed by atoms with Gasteiger partial charge in [-0.25, -0.2) is 14.6 Å². The van der Waals surface area contributed by atoms with Crippen molar-refractivity contribution in [3.05, 3.63) is 23.4 Å². The number of carboxylic acid groups (broad SMARTS) is 1. The van der Waals surface area contributed by atoms with Crippen molar-refractivity contribution in [3.63, 3.8) is 0 Å². The number of carbonyl (C=O) groups is 2. The molecule has 19 heavy (non-hydrogen) atoms. The molecule has 2 N–H and O–H groups in total. The molecule has 1 saturated carbocycles. The number of aromatic carboxylic acids is 1. The zero-order chi connectivity index (χ0) is 13.8. The van der Waals surface area contributed by atoms with Gasteiger partial charge in [-0.15, -0.1) is 0 Å². The summed E-state index contributed by atoms with van der Waals surface area (Å²) < 4.78 is 4.84. The van der Waals surface area contributed by atoms with Crippen molar-refractivity contribution >= 4 is 17.8 Å². The molecule has 102 valence electrons. The van der Waals surface area contributed by atoms with Crippen LogP contribution in [0.3, 0.4) is 0 Å². The molecule has 1 aromatic rings. The van der Waals surface area contributed by atoms with Crippen LogP contribution in [0.15, 0.2) is 12.1 Å². The highest BCUT2D eigenvalue weighted by atomic mass is 16.5. The number of carbonyl (C=O) groups excluding carboxylic acids is 1. The maximum absolute atomic E-state index is 11.6. The van der Waals surface area contributed by atoms with Crippen LogP contribution in [-0.2, 0) is 4.74 Å². The number of rotatable bonds is 5. The Labute approximate surface area is 110 Å². The summed E-state index contributed by atoms with van der Waals surface area (Å²) in [6, 6.07) is 2.97. The van der Waals surface area contributed by atoms with E-state index in [2.05, 4.69) is 10.3 Å². The molecular formula is C13H16N2O4. The molecule has 0 aromatic carbocycles. The van der Waals surface area contributed by atoms with Crippen molar-refractivity contribution < 1.29 is 19.4 Å². The fourth-order valence-corrected chi connectivity index (χ4v) is 1.80. The molecule has 0 spiro atoms. The Bertz CT molecular complexity index is 497. The monoisotopic (exact) mass is 264 g/mol. The predicted molar refractivity (Wildman–Crippen MR) is 68.4 cm³/mol. The van der Waals surface area contributed by atoms with Gasteiger partial charge in [0, 0.05) is 6.04 Å². The molecule has 0 atom stereocenters. The molecule has 2 rings (SSSR count). The van der Waals surface area contributed by atoms with Crippen LogP contribution < -0.4 is 5.32 Å². The first kappa shape index (κ1) is 13.3. The summed E-state index contributed by atoms with van der Waals surface area (Å²) in [6.45, 7) is 1.91. The fourth-order valence-electron chi connectivity index (χ4n) is 1.80. The van der Waals surface area contributed by atoms with Gasteiger partial charge in [-0.2, -0.15) is 0 Å². The van der Waals surface area contributed by atoms with E-state index >= 15 is 0 Å². The van der Waals surface area contributed by atoms with Crippen molar-refractivity contribution in [1.29, 1.82) is 0 Å². The number of anilines is 1. The van der Waals surface area contributed by atoms with Gasteiger partial charge in [0.1, 0.15) is 5.82 Å². The minimum absolute atomic E-state index is 0.0172. The van der Waals surface area contributed by atoms with Crippen LogP contribution in [0.4, 0.5) is 5.82 Å².